The fraction of sp³-hybridized carbons (Fsp3) is 0.368. The second-order valence-corrected chi connectivity index (χ2v) is 8.54. The van der Waals surface area contributed by atoms with E-state index in [0.29, 0.717) is 5.75 Å². The third-order valence-electron chi connectivity index (χ3n) is 4.47. The fourth-order valence-electron chi connectivity index (χ4n) is 3.14. The van der Waals surface area contributed by atoms with E-state index in [1.54, 1.807) is 11.3 Å². The van der Waals surface area contributed by atoms with Gasteiger partial charge < -0.3 is 9.88 Å². The fourth-order valence-corrected chi connectivity index (χ4v) is 4.55. The number of hydrogen-bond donors (Lipinski definition) is 1. The van der Waals surface area contributed by atoms with Crippen molar-refractivity contribution in [3.63, 3.8) is 0 Å². The number of benzene rings is 1. The Morgan fingerprint density at radius 1 is 1.30 bits per heavy atom. The Morgan fingerprint density at radius 2 is 2.22 bits per heavy atom. The smallest absolute Gasteiger partial charge is 0.234 e. The Morgan fingerprint density at radius 3 is 3.07 bits per heavy atom. The van der Waals surface area contributed by atoms with Crippen LogP contribution in [0, 0.1) is 6.92 Å². The second-order valence-electron chi connectivity index (χ2n) is 6.53. The van der Waals surface area contributed by atoms with E-state index in [1.165, 1.54) is 18.2 Å². The van der Waals surface area contributed by atoms with Crippen LogP contribution in [0.15, 0.2) is 34.8 Å². The summed E-state index contributed by atoms with van der Waals surface area (Å²) in [7, 11) is 0. The Labute approximate surface area is 166 Å². The quantitative estimate of drug-likeness (QED) is 0.652. The first-order valence-corrected chi connectivity index (χ1v) is 10.9. The van der Waals surface area contributed by atoms with E-state index in [0.717, 1.165) is 58.7 Å². The highest BCUT2D eigenvalue weighted by molar-refractivity contribution is 7.99. The number of carbonyl (C=O) groups excluding carboxylic acids is 1. The molecule has 8 heteroatoms. The molecule has 0 radical (unpaired) electrons. The van der Waals surface area contributed by atoms with Gasteiger partial charge in [-0.2, -0.15) is 0 Å². The number of fused-ring (bicyclic) bond motifs is 1. The predicted octanol–water partition coefficient (Wildman–Crippen LogP) is 4.17. The summed E-state index contributed by atoms with van der Waals surface area (Å²) in [5.74, 6) is 1.32. The molecule has 6 nitrogen and oxygen atoms in total. The summed E-state index contributed by atoms with van der Waals surface area (Å²) in [6.45, 7) is 2.93. The first-order valence-electron chi connectivity index (χ1n) is 9.06. The van der Waals surface area contributed by atoms with Gasteiger partial charge in [-0.3, -0.25) is 4.79 Å². The number of carbonyl (C=O) groups is 1. The van der Waals surface area contributed by atoms with E-state index in [4.69, 9.17) is 0 Å². The summed E-state index contributed by atoms with van der Waals surface area (Å²) in [6.07, 6.45) is 4.51. The third-order valence-corrected chi connectivity index (χ3v) is 6.21. The number of anilines is 1. The summed E-state index contributed by atoms with van der Waals surface area (Å²) >= 11 is 3.07. The normalized spacial score (nSPS) is 13.8. The van der Waals surface area contributed by atoms with Gasteiger partial charge in [0.1, 0.15) is 5.82 Å². The molecule has 4 rings (SSSR count). The monoisotopic (exact) mass is 399 g/mol. The average Bonchev–Trinajstić information content (AvgIpc) is 3.19. The van der Waals surface area contributed by atoms with Crippen LogP contribution in [0.1, 0.15) is 30.1 Å². The number of aromatic nitrogens is 4. The molecule has 1 amide bonds. The summed E-state index contributed by atoms with van der Waals surface area (Å²) < 4.78 is 2.16. The number of nitrogens with zero attached hydrogens (tertiary/aromatic N) is 4. The maximum Gasteiger partial charge on any atom is 0.234 e. The first kappa shape index (κ1) is 18.2. The lowest BCUT2D eigenvalue weighted by Crippen LogP contribution is -2.14. The molecular formula is C19H21N5OS2. The molecule has 0 atom stereocenters. The minimum absolute atomic E-state index is 0.0439. The zero-order chi connectivity index (χ0) is 18.6. The van der Waals surface area contributed by atoms with Gasteiger partial charge in [-0.1, -0.05) is 30.3 Å². The molecule has 1 aliphatic heterocycles. The zero-order valence-corrected chi connectivity index (χ0v) is 16.8. The molecule has 2 aromatic heterocycles. The lowest BCUT2D eigenvalue weighted by Gasteiger charge is -2.08. The van der Waals surface area contributed by atoms with Crippen LogP contribution in [0.25, 0.3) is 11.3 Å². The van der Waals surface area contributed by atoms with Gasteiger partial charge in [-0.05, 0) is 31.9 Å². The summed E-state index contributed by atoms with van der Waals surface area (Å²) in [5.41, 5.74) is 2.73. The van der Waals surface area contributed by atoms with Crippen LogP contribution in [-0.4, -0.2) is 31.4 Å². The maximum atomic E-state index is 12.4. The van der Waals surface area contributed by atoms with Crippen LogP contribution in [0.4, 0.5) is 5.69 Å². The van der Waals surface area contributed by atoms with E-state index in [9.17, 15) is 4.79 Å². The highest BCUT2D eigenvalue weighted by atomic mass is 32.2. The highest BCUT2D eigenvalue weighted by Crippen LogP contribution is 2.25. The second kappa shape index (κ2) is 8.22. The van der Waals surface area contributed by atoms with Crippen molar-refractivity contribution in [2.24, 2.45) is 0 Å². The standard InChI is InChI=1S/C19H21N5OS2/c1-13-20-16(11-26-13)14-6-5-7-15(10-14)21-18(25)12-27-19-23-22-17-8-3-2-4-9-24(17)19/h5-7,10-11H,2-4,8-9,12H2,1H3,(H,21,25). The molecule has 1 aromatic carbocycles. The van der Waals surface area contributed by atoms with E-state index in [-0.39, 0.29) is 5.91 Å². The number of nitrogens with one attached hydrogen (secondary N) is 1. The zero-order valence-electron chi connectivity index (χ0n) is 15.1. The molecule has 27 heavy (non-hydrogen) atoms. The number of hydrogen-bond acceptors (Lipinski definition) is 6. The third kappa shape index (κ3) is 4.39. The van der Waals surface area contributed by atoms with Crippen LogP contribution in [0.5, 0.6) is 0 Å². The van der Waals surface area contributed by atoms with Crippen molar-refractivity contribution in [2.45, 2.75) is 44.3 Å². The largest absolute Gasteiger partial charge is 0.325 e. The molecule has 3 aromatic rings. The van der Waals surface area contributed by atoms with Gasteiger partial charge in [0.2, 0.25) is 5.91 Å². The lowest BCUT2D eigenvalue weighted by atomic mass is 10.1. The molecule has 0 saturated heterocycles. The maximum absolute atomic E-state index is 12.4. The lowest BCUT2D eigenvalue weighted by molar-refractivity contribution is -0.113. The van der Waals surface area contributed by atoms with Gasteiger partial charge >= 0.3 is 0 Å². The number of amides is 1. The number of aryl methyl sites for hydroxylation is 2. The molecular weight excluding hydrogens is 378 g/mol. The molecule has 140 valence electrons. The highest BCUT2D eigenvalue weighted by Gasteiger charge is 2.16. The van der Waals surface area contributed by atoms with Crippen molar-refractivity contribution in [2.75, 3.05) is 11.1 Å². The number of rotatable bonds is 5. The van der Waals surface area contributed by atoms with Gasteiger partial charge in [0.25, 0.3) is 0 Å². The molecule has 1 aliphatic rings. The molecule has 0 fully saturated rings. The van der Waals surface area contributed by atoms with Gasteiger partial charge in [-0.15, -0.1) is 21.5 Å². The van der Waals surface area contributed by atoms with Crippen molar-refractivity contribution >= 4 is 34.7 Å². The van der Waals surface area contributed by atoms with Crippen molar-refractivity contribution in [1.29, 1.82) is 0 Å². The molecule has 0 bridgehead atoms. The molecule has 3 heterocycles. The first-order chi connectivity index (χ1) is 13.2. The Kier molecular flexibility index (Phi) is 5.54. The molecule has 1 N–H and O–H groups in total. The molecule has 0 aliphatic carbocycles. The predicted molar refractivity (Wildman–Crippen MR) is 109 cm³/mol. The minimum Gasteiger partial charge on any atom is -0.325 e. The van der Waals surface area contributed by atoms with Gasteiger partial charge in [0.15, 0.2) is 5.16 Å². The van der Waals surface area contributed by atoms with Crippen molar-refractivity contribution in [3.8, 4) is 11.3 Å². The summed E-state index contributed by atoms with van der Waals surface area (Å²) in [4.78, 5) is 16.9. The van der Waals surface area contributed by atoms with E-state index in [2.05, 4.69) is 25.1 Å². The Bertz CT molecular complexity index is 949. The van der Waals surface area contributed by atoms with Gasteiger partial charge in [0.05, 0.1) is 16.5 Å². The van der Waals surface area contributed by atoms with E-state index >= 15 is 0 Å². The van der Waals surface area contributed by atoms with E-state index < -0.39 is 0 Å². The Hall–Kier alpha value is -2.19. The van der Waals surface area contributed by atoms with Crippen molar-refractivity contribution in [3.05, 3.63) is 40.5 Å². The Balaban J connectivity index is 1.38. The van der Waals surface area contributed by atoms with Crippen LogP contribution >= 0.6 is 23.1 Å². The van der Waals surface area contributed by atoms with Crippen molar-refractivity contribution in [1.82, 2.24) is 19.7 Å². The van der Waals surface area contributed by atoms with Crippen LogP contribution in [-0.2, 0) is 17.8 Å². The van der Waals surface area contributed by atoms with Gasteiger partial charge in [0, 0.05) is 29.6 Å². The van der Waals surface area contributed by atoms with Gasteiger partial charge in [-0.25, -0.2) is 4.98 Å². The SMILES string of the molecule is Cc1nc(-c2cccc(NC(=O)CSc3nnc4n3CCCCC4)c2)cs1. The van der Waals surface area contributed by atoms with E-state index in [1.807, 2.05) is 36.6 Å². The van der Waals surface area contributed by atoms with Crippen LogP contribution < -0.4 is 5.32 Å². The minimum atomic E-state index is -0.0439. The summed E-state index contributed by atoms with van der Waals surface area (Å²) in [6, 6.07) is 7.80. The molecule has 0 spiro atoms. The molecule has 0 saturated carbocycles. The average molecular weight is 400 g/mol. The van der Waals surface area contributed by atoms with Crippen molar-refractivity contribution < 1.29 is 4.79 Å². The number of thioether (sulfide) groups is 1. The van der Waals surface area contributed by atoms with Crippen LogP contribution in [0.3, 0.4) is 0 Å². The van der Waals surface area contributed by atoms with Crippen LogP contribution in [0.2, 0.25) is 0 Å². The number of thiazole rings is 1. The molecule has 0 unspecified atom stereocenters. The summed E-state index contributed by atoms with van der Waals surface area (Å²) in [5, 5.41) is 15.4. The topological polar surface area (TPSA) is 72.7 Å².